The number of rotatable bonds is 4. The quantitative estimate of drug-likeness (QED) is 0.396. The predicted octanol–water partition coefficient (Wildman–Crippen LogP) is 3.09. The molecule has 3 N–H and O–H groups in total. The van der Waals surface area contributed by atoms with E-state index in [9.17, 15) is 14.0 Å². The van der Waals surface area contributed by atoms with Gasteiger partial charge in [0.15, 0.2) is 0 Å². The van der Waals surface area contributed by atoms with Gasteiger partial charge < -0.3 is 20.5 Å². The van der Waals surface area contributed by atoms with Gasteiger partial charge in [0.05, 0.1) is 10.9 Å². The van der Waals surface area contributed by atoms with E-state index in [-0.39, 0.29) is 35.7 Å². The van der Waals surface area contributed by atoms with Gasteiger partial charge in [0.25, 0.3) is 0 Å². The van der Waals surface area contributed by atoms with Gasteiger partial charge in [-0.1, -0.05) is 18.2 Å². The van der Waals surface area contributed by atoms with Crippen LogP contribution < -0.4 is 11.1 Å². The normalized spacial score (nSPS) is 21.1. The van der Waals surface area contributed by atoms with Crippen molar-refractivity contribution in [3.05, 3.63) is 53.1 Å². The standard InChI is InChI=1S/C23H19BrFN7O2/c24-16-5-2-6-17(29-16)30-23(34)15-8-11-7-14(11)32(15)18(33)9-31-20-12(3-1-4-13(20)25)19-21(26)27-10-28-22(19)31/h1-6,10-11,14-15H,7-9H2,(H2,26,27,28)(H,29,30,34)/t11-,14-,15+/m1/s1. The van der Waals surface area contributed by atoms with Crippen LogP contribution in [0.25, 0.3) is 21.9 Å². The first kappa shape index (κ1) is 21.0. The van der Waals surface area contributed by atoms with E-state index in [1.165, 1.54) is 17.0 Å². The van der Waals surface area contributed by atoms with E-state index in [4.69, 9.17) is 5.73 Å². The van der Waals surface area contributed by atoms with Crippen LogP contribution in [0.2, 0.25) is 0 Å². The van der Waals surface area contributed by atoms with Crippen LogP contribution in [-0.4, -0.2) is 48.3 Å². The van der Waals surface area contributed by atoms with Crippen molar-refractivity contribution in [1.82, 2.24) is 24.4 Å². The molecule has 172 valence electrons. The number of para-hydroxylation sites is 1. The number of fused-ring (bicyclic) bond motifs is 4. The lowest BCUT2D eigenvalue weighted by molar-refractivity contribution is -0.138. The monoisotopic (exact) mass is 523 g/mol. The number of hydrogen-bond acceptors (Lipinski definition) is 6. The number of nitrogen functional groups attached to an aromatic ring is 1. The Morgan fingerprint density at radius 2 is 2.00 bits per heavy atom. The Morgan fingerprint density at radius 3 is 2.82 bits per heavy atom. The third-order valence-corrected chi connectivity index (χ3v) is 7.03. The molecule has 0 radical (unpaired) electrons. The van der Waals surface area contributed by atoms with E-state index in [2.05, 4.69) is 36.2 Å². The van der Waals surface area contributed by atoms with Crippen molar-refractivity contribution in [2.24, 2.45) is 5.92 Å². The molecule has 0 spiro atoms. The Kier molecular flexibility index (Phi) is 4.76. The second-order valence-electron chi connectivity index (χ2n) is 8.63. The number of benzene rings is 1. The van der Waals surface area contributed by atoms with E-state index < -0.39 is 11.9 Å². The first-order chi connectivity index (χ1) is 16.4. The molecular formula is C23H19BrFN7O2. The number of nitrogens with two attached hydrogens (primary N) is 1. The Morgan fingerprint density at radius 1 is 1.18 bits per heavy atom. The number of piperidine rings is 1. The maximum absolute atomic E-state index is 14.9. The molecular weight excluding hydrogens is 505 g/mol. The average molecular weight is 524 g/mol. The molecule has 1 saturated heterocycles. The molecule has 34 heavy (non-hydrogen) atoms. The number of likely N-dealkylation sites (tertiary alicyclic amines) is 1. The maximum Gasteiger partial charge on any atom is 0.248 e. The van der Waals surface area contributed by atoms with Gasteiger partial charge in [-0.2, -0.15) is 0 Å². The van der Waals surface area contributed by atoms with Gasteiger partial charge in [-0.25, -0.2) is 19.3 Å². The molecule has 0 bridgehead atoms. The summed E-state index contributed by atoms with van der Waals surface area (Å²) in [6.45, 7) is -0.167. The van der Waals surface area contributed by atoms with Gasteiger partial charge in [-0.3, -0.25) is 9.59 Å². The van der Waals surface area contributed by atoms with Crippen LogP contribution in [0.4, 0.5) is 16.0 Å². The van der Waals surface area contributed by atoms with Gasteiger partial charge in [-0.05, 0) is 52.9 Å². The van der Waals surface area contributed by atoms with Crippen molar-refractivity contribution in [2.45, 2.75) is 31.5 Å². The van der Waals surface area contributed by atoms with Crippen molar-refractivity contribution in [3.8, 4) is 0 Å². The zero-order chi connectivity index (χ0) is 23.6. The summed E-state index contributed by atoms with van der Waals surface area (Å²) in [7, 11) is 0. The number of aromatic nitrogens is 4. The molecule has 9 nitrogen and oxygen atoms in total. The Hall–Kier alpha value is -3.60. The molecule has 1 aliphatic carbocycles. The van der Waals surface area contributed by atoms with Crippen LogP contribution in [0.5, 0.6) is 0 Å². The summed E-state index contributed by atoms with van der Waals surface area (Å²) in [5.41, 5.74) is 6.69. The highest BCUT2D eigenvalue weighted by Gasteiger charge is 2.56. The number of nitrogens with zero attached hydrogens (tertiary/aromatic N) is 5. The van der Waals surface area contributed by atoms with Crippen molar-refractivity contribution in [2.75, 3.05) is 11.1 Å². The smallest absolute Gasteiger partial charge is 0.248 e. The highest BCUT2D eigenvalue weighted by atomic mass is 79.9. The largest absolute Gasteiger partial charge is 0.383 e. The first-order valence-electron chi connectivity index (χ1n) is 10.8. The van der Waals surface area contributed by atoms with Crippen LogP contribution in [-0.2, 0) is 16.1 Å². The van der Waals surface area contributed by atoms with E-state index >= 15 is 0 Å². The van der Waals surface area contributed by atoms with Crippen LogP contribution in [0.15, 0.2) is 47.3 Å². The van der Waals surface area contributed by atoms with E-state index in [1.807, 2.05) is 0 Å². The molecule has 1 aliphatic heterocycles. The van der Waals surface area contributed by atoms with Crippen molar-refractivity contribution in [1.29, 1.82) is 0 Å². The maximum atomic E-state index is 14.9. The number of halogens is 2. The number of anilines is 2. The van der Waals surface area contributed by atoms with Crippen molar-refractivity contribution >= 4 is 61.3 Å². The number of nitrogens with one attached hydrogen (secondary N) is 1. The van der Waals surface area contributed by atoms with Crippen molar-refractivity contribution < 1.29 is 14.0 Å². The van der Waals surface area contributed by atoms with Gasteiger partial charge in [0.2, 0.25) is 11.8 Å². The summed E-state index contributed by atoms with van der Waals surface area (Å²) in [6, 6.07) is 9.27. The summed E-state index contributed by atoms with van der Waals surface area (Å²) >= 11 is 3.29. The number of carbonyl (C=O) groups is 2. The summed E-state index contributed by atoms with van der Waals surface area (Å²) in [5, 5.41) is 3.86. The minimum absolute atomic E-state index is 0.0105. The van der Waals surface area contributed by atoms with E-state index in [1.54, 1.807) is 35.2 Å². The highest BCUT2D eigenvalue weighted by molar-refractivity contribution is 9.10. The summed E-state index contributed by atoms with van der Waals surface area (Å²) in [4.78, 5) is 40.8. The fourth-order valence-electron chi connectivity index (χ4n) is 5.06. The summed E-state index contributed by atoms with van der Waals surface area (Å²) < 4.78 is 17.0. The van der Waals surface area contributed by atoms with Gasteiger partial charge >= 0.3 is 0 Å². The molecule has 3 aromatic heterocycles. The SMILES string of the molecule is Nc1ncnc2c1c1cccc(F)c1n2CC(=O)N1[C@@H]2C[C@@H]2C[C@H]1C(=O)Nc1cccc(Br)n1. The molecule has 1 aromatic carbocycles. The van der Waals surface area contributed by atoms with Crippen molar-refractivity contribution in [3.63, 3.8) is 0 Å². The topological polar surface area (TPSA) is 119 Å². The van der Waals surface area contributed by atoms with Crippen LogP contribution in [0.1, 0.15) is 12.8 Å². The van der Waals surface area contributed by atoms with Crippen LogP contribution in [0, 0.1) is 11.7 Å². The van der Waals surface area contributed by atoms with E-state index in [0.717, 1.165) is 6.42 Å². The highest BCUT2D eigenvalue weighted by Crippen LogP contribution is 2.48. The number of amides is 2. The van der Waals surface area contributed by atoms with Crippen LogP contribution >= 0.6 is 15.9 Å². The van der Waals surface area contributed by atoms with E-state index in [0.29, 0.717) is 39.2 Å². The lowest BCUT2D eigenvalue weighted by Crippen LogP contribution is -2.46. The molecule has 2 fully saturated rings. The lowest BCUT2D eigenvalue weighted by Gasteiger charge is -2.27. The third-order valence-electron chi connectivity index (χ3n) is 6.59. The Bertz CT molecular complexity index is 1490. The first-order valence-corrected chi connectivity index (χ1v) is 11.6. The van der Waals surface area contributed by atoms with Crippen LogP contribution in [0.3, 0.4) is 0 Å². The van der Waals surface area contributed by atoms with Gasteiger partial charge in [0.1, 0.15) is 46.6 Å². The average Bonchev–Trinajstić information content (AvgIpc) is 3.33. The molecule has 4 aromatic rings. The minimum atomic E-state index is -0.616. The lowest BCUT2D eigenvalue weighted by atomic mass is 10.1. The Labute approximate surface area is 201 Å². The molecule has 2 aliphatic rings. The molecule has 0 unspecified atom stereocenters. The molecule has 4 heterocycles. The molecule has 1 saturated carbocycles. The number of hydrogen-bond donors (Lipinski definition) is 2. The minimum Gasteiger partial charge on any atom is -0.383 e. The zero-order valence-electron chi connectivity index (χ0n) is 17.8. The molecule has 6 rings (SSSR count). The number of pyridine rings is 1. The van der Waals surface area contributed by atoms with Gasteiger partial charge in [-0.15, -0.1) is 0 Å². The Balaban J connectivity index is 1.34. The summed E-state index contributed by atoms with van der Waals surface area (Å²) in [6.07, 6.45) is 2.75. The molecule has 2 amide bonds. The molecule has 3 atom stereocenters. The predicted molar refractivity (Wildman–Crippen MR) is 127 cm³/mol. The fourth-order valence-corrected chi connectivity index (χ4v) is 5.40. The second-order valence-corrected chi connectivity index (χ2v) is 9.44. The molecule has 11 heteroatoms. The fraction of sp³-hybridized carbons (Fsp3) is 0.261. The number of carbonyl (C=O) groups excluding carboxylic acids is 2. The third kappa shape index (κ3) is 3.30. The second kappa shape index (κ2) is 7.73. The summed E-state index contributed by atoms with van der Waals surface area (Å²) in [5.74, 6) is -0.123. The zero-order valence-corrected chi connectivity index (χ0v) is 19.4. The van der Waals surface area contributed by atoms with Gasteiger partial charge in [0, 0.05) is 11.4 Å².